The van der Waals surface area contributed by atoms with Crippen LogP contribution in [0.2, 0.25) is 0 Å². The Bertz CT molecular complexity index is 1600. The Morgan fingerprint density at radius 2 is 1.80 bits per heavy atom. The number of aryl methyl sites for hydroxylation is 2. The van der Waals surface area contributed by atoms with Crippen LogP contribution < -0.4 is 10.2 Å². The lowest BCUT2D eigenvalue weighted by Crippen LogP contribution is -2.60. The largest absolute Gasteiger partial charge is 0.455 e. The highest BCUT2D eigenvalue weighted by Crippen LogP contribution is 2.61. The van der Waals surface area contributed by atoms with Crippen LogP contribution in [-0.4, -0.2) is 82.0 Å². The second-order valence-electron chi connectivity index (χ2n) is 13.8. The third-order valence-electron chi connectivity index (χ3n) is 10.3. The topological polar surface area (TPSA) is 125 Å². The molecule has 10 nitrogen and oxygen atoms in total. The molecule has 2 aromatic carbocycles. The highest BCUT2D eigenvalue weighted by Gasteiger charge is 2.77. The zero-order valence-electron chi connectivity index (χ0n) is 29.2. The SMILES string of the molecule is C=CCCC(=O)NC[C@H](OC(=O)[C@H]1[C@@H]2O[C@@]3(CC2Br)[C@@H]1C(=O)N([C@@H](CO)C(C)C)[C@@H]3C(=O)N(CC=C)c1c(C)cccc1C)c1ccccc1. The van der Waals surface area contributed by atoms with Gasteiger partial charge < -0.3 is 29.7 Å². The molecular formula is C39H48BrN3O7. The average Bonchev–Trinajstić information content (AvgIpc) is 3.68. The third-order valence-corrected chi connectivity index (χ3v) is 11.2. The maximum atomic E-state index is 15.1. The highest BCUT2D eigenvalue weighted by atomic mass is 79.9. The fraction of sp³-hybridized carbons (Fsp3) is 0.487. The lowest BCUT2D eigenvalue weighted by Gasteiger charge is -2.41. The number of halogens is 1. The van der Waals surface area contributed by atoms with Gasteiger partial charge in [-0.2, -0.15) is 0 Å². The van der Waals surface area contributed by atoms with Gasteiger partial charge in [-0.05, 0) is 49.3 Å². The summed E-state index contributed by atoms with van der Waals surface area (Å²) in [6.45, 7) is 15.1. The van der Waals surface area contributed by atoms with E-state index >= 15 is 4.79 Å². The molecule has 1 unspecified atom stereocenters. The van der Waals surface area contributed by atoms with E-state index in [-0.39, 0.29) is 48.7 Å². The summed E-state index contributed by atoms with van der Waals surface area (Å²) in [6, 6.07) is 13.1. The summed E-state index contributed by atoms with van der Waals surface area (Å²) in [5.41, 5.74) is 1.80. The maximum Gasteiger partial charge on any atom is 0.313 e. The van der Waals surface area contributed by atoms with E-state index in [4.69, 9.17) is 9.47 Å². The van der Waals surface area contributed by atoms with E-state index in [2.05, 4.69) is 34.4 Å². The number of aliphatic hydroxyl groups is 1. The first-order valence-electron chi connectivity index (χ1n) is 17.3. The van der Waals surface area contributed by atoms with Gasteiger partial charge in [0.25, 0.3) is 5.91 Å². The molecule has 50 heavy (non-hydrogen) atoms. The molecule has 2 aromatic rings. The Kier molecular flexibility index (Phi) is 11.7. The molecule has 2 N–H and O–H groups in total. The first kappa shape index (κ1) is 37.5. The number of aliphatic hydroxyl groups excluding tert-OH is 1. The number of likely N-dealkylation sites (tertiary alicyclic amines) is 1. The van der Waals surface area contributed by atoms with E-state index in [1.54, 1.807) is 17.1 Å². The number of para-hydroxylation sites is 1. The molecule has 3 aliphatic heterocycles. The van der Waals surface area contributed by atoms with Gasteiger partial charge in [-0.25, -0.2) is 0 Å². The fourth-order valence-electron chi connectivity index (χ4n) is 8.04. The van der Waals surface area contributed by atoms with Crippen LogP contribution in [0.1, 0.15) is 55.9 Å². The minimum Gasteiger partial charge on any atom is -0.455 e. The van der Waals surface area contributed by atoms with E-state index in [0.29, 0.717) is 18.4 Å². The van der Waals surface area contributed by atoms with Crippen molar-refractivity contribution in [1.82, 2.24) is 10.2 Å². The van der Waals surface area contributed by atoms with Crippen LogP contribution in [0, 0.1) is 31.6 Å². The molecule has 5 rings (SSSR count). The van der Waals surface area contributed by atoms with Crippen molar-refractivity contribution in [2.75, 3.05) is 24.6 Å². The molecular weight excluding hydrogens is 702 g/mol. The Morgan fingerprint density at radius 3 is 2.40 bits per heavy atom. The number of rotatable bonds is 15. The van der Waals surface area contributed by atoms with Gasteiger partial charge in [-0.15, -0.1) is 13.2 Å². The average molecular weight is 751 g/mol. The summed E-state index contributed by atoms with van der Waals surface area (Å²) in [7, 11) is 0. The van der Waals surface area contributed by atoms with Gasteiger partial charge in [-0.3, -0.25) is 19.2 Å². The molecule has 1 spiro atoms. The lowest BCUT2D eigenvalue weighted by atomic mass is 9.70. The molecule has 2 bridgehead atoms. The first-order chi connectivity index (χ1) is 23.9. The van der Waals surface area contributed by atoms with Crippen LogP contribution in [0.4, 0.5) is 5.69 Å². The van der Waals surface area contributed by atoms with Crippen LogP contribution in [0.15, 0.2) is 73.8 Å². The van der Waals surface area contributed by atoms with Gasteiger partial charge in [0.2, 0.25) is 11.8 Å². The predicted molar refractivity (Wildman–Crippen MR) is 194 cm³/mol. The molecule has 3 heterocycles. The summed E-state index contributed by atoms with van der Waals surface area (Å²) in [5, 5.41) is 13.5. The molecule has 8 atom stereocenters. The van der Waals surface area contributed by atoms with Gasteiger partial charge in [0.1, 0.15) is 17.7 Å². The number of esters is 1. The summed E-state index contributed by atoms with van der Waals surface area (Å²) in [5.74, 6) is -3.92. The molecule has 0 radical (unpaired) electrons. The summed E-state index contributed by atoms with van der Waals surface area (Å²) in [4.78, 5) is 59.5. The molecule has 0 aromatic heterocycles. The highest BCUT2D eigenvalue weighted by molar-refractivity contribution is 9.09. The van der Waals surface area contributed by atoms with Gasteiger partial charge in [-0.1, -0.05) is 90.5 Å². The molecule has 0 aliphatic carbocycles. The zero-order chi connectivity index (χ0) is 36.3. The standard InChI is InChI=1S/C39H48BrN3O7/c1-7-9-18-30(45)41-21-29(26-16-11-10-12-17-26)49-38(48)31-32-36(46)43(28(22-44)23(3)4)35(39(32)20-27(40)34(31)50-39)37(47)42(19-8-2)33-24(5)14-13-15-25(33)6/h7-8,10-17,23,27-29,31-32,34-35,44H,1-2,9,18-22H2,3-6H3,(H,41,45)/t27?,28-,29-,31+,32-,34+,35+,39-/m0/s1. The van der Waals surface area contributed by atoms with Crippen LogP contribution in [0.25, 0.3) is 0 Å². The molecule has 3 aliphatic rings. The van der Waals surface area contributed by atoms with Crippen molar-refractivity contribution in [3.05, 3.63) is 90.5 Å². The van der Waals surface area contributed by atoms with Crippen molar-refractivity contribution in [3.8, 4) is 0 Å². The van der Waals surface area contributed by atoms with Crippen LogP contribution in [0.3, 0.4) is 0 Å². The van der Waals surface area contributed by atoms with Gasteiger partial charge >= 0.3 is 5.97 Å². The van der Waals surface area contributed by atoms with E-state index in [1.807, 2.05) is 76.2 Å². The minimum absolute atomic E-state index is 0.0327. The van der Waals surface area contributed by atoms with E-state index < -0.39 is 53.6 Å². The van der Waals surface area contributed by atoms with Crippen LogP contribution in [0.5, 0.6) is 0 Å². The second-order valence-corrected chi connectivity index (χ2v) is 15.0. The number of carbonyl (C=O) groups is 4. The van der Waals surface area contributed by atoms with E-state index in [1.165, 1.54) is 4.90 Å². The molecule has 11 heteroatoms. The number of nitrogens with one attached hydrogen (secondary N) is 1. The summed E-state index contributed by atoms with van der Waals surface area (Å²) >= 11 is 3.74. The monoisotopic (exact) mass is 749 g/mol. The molecule has 268 valence electrons. The number of nitrogens with zero attached hydrogens (tertiary/aromatic N) is 2. The molecule has 3 fully saturated rings. The quantitative estimate of drug-likeness (QED) is 0.150. The second kappa shape index (κ2) is 15.6. The van der Waals surface area contributed by atoms with Gasteiger partial charge in [0.15, 0.2) is 0 Å². The van der Waals surface area contributed by atoms with Crippen molar-refractivity contribution >= 4 is 45.3 Å². The first-order valence-corrected chi connectivity index (χ1v) is 18.2. The van der Waals surface area contributed by atoms with E-state index in [9.17, 15) is 19.5 Å². The van der Waals surface area contributed by atoms with Gasteiger partial charge in [0, 0.05) is 23.5 Å². The number of hydrogen-bond acceptors (Lipinski definition) is 7. The predicted octanol–water partition coefficient (Wildman–Crippen LogP) is 4.95. The number of ether oxygens (including phenoxy) is 2. The van der Waals surface area contributed by atoms with Crippen molar-refractivity contribution in [1.29, 1.82) is 0 Å². The summed E-state index contributed by atoms with van der Waals surface area (Å²) in [6.07, 6.45) is 2.79. The van der Waals surface area contributed by atoms with Crippen molar-refractivity contribution in [2.24, 2.45) is 17.8 Å². The molecule has 3 amide bonds. The molecule has 3 saturated heterocycles. The number of hydrogen-bond donors (Lipinski definition) is 2. The van der Waals surface area contributed by atoms with Crippen molar-refractivity contribution in [3.63, 3.8) is 0 Å². The normalized spacial score (nSPS) is 26.3. The van der Waals surface area contributed by atoms with Crippen LogP contribution in [-0.2, 0) is 28.7 Å². The number of fused-ring (bicyclic) bond motifs is 1. The minimum atomic E-state index is -1.36. The Labute approximate surface area is 303 Å². The number of allylic oxidation sites excluding steroid dienone is 1. The Morgan fingerprint density at radius 1 is 1.12 bits per heavy atom. The van der Waals surface area contributed by atoms with Crippen LogP contribution >= 0.6 is 15.9 Å². The fourth-order valence-corrected chi connectivity index (χ4v) is 8.98. The van der Waals surface area contributed by atoms with Crippen molar-refractivity contribution < 1.29 is 33.8 Å². The Balaban J connectivity index is 1.55. The van der Waals surface area contributed by atoms with E-state index in [0.717, 1.165) is 16.8 Å². The Hall–Kier alpha value is -3.80. The summed E-state index contributed by atoms with van der Waals surface area (Å²) < 4.78 is 12.9. The maximum absolute atomic E-state index is 15.1. The zero-order valence-corrected chi connectivity index (χ0v) is 30.8. The smallest absolute Gasteiger partial charge is 0.313 e. The molecule has 0 saturated carbocycles. The number of alkyl halides is 1. The number of carbonyl (C=O) groups excluding carboxylic acids is 4. The lowest BCUT2D eigenvalue weighted by molar-refractivity contribution is -0.161. The number of amides is 3. The number of benzene rings is 2. The van der Waals surface area contributed by atoms with Crippen molar-refractivity contribution in [2.45, 2.75) is 81.7 Å². The van der Waals surface area contributed by atoms with Gasteiger partial charge in [0.05, 0.1) is 37.1 Å². The number of anilines is 1. The third kappa shape index (κ3) is 6.79.